The molecule has 1 saturated heterocycles. The number of piperazine rings is 1. The van der Waals surface area contributed by atoms with Crippen LogP contribution in [0.25, 0.3) is 0 Å². The lowest BCUT2D eigenvalue weighted by Gasteiger charge is -2.36. The number of carbonyl (C=O) groups is 2. The number of amides is 2. The van der Waals surface area contributed by atoms with E-state index in [1.165, 1.54) is 5.56 Å². The molecule has 3 aromatic rings. The summed E-state index contributed by atoms with van der Waals surface area (Å²) in [6.45, 7) is 2.86. The van der Waals surface area contributed by atoms with Crippen LogP contribution in [0.1, 0.15) is 31.8 Å². The van der Waals surface area contributed by atoms with E-state index in [1.807, 2.05) is 65.6 Å². The molecular formula is C26H27N3O2. The molecule has 0 atom stereocenters. The van der Waals surface area contributed by atoms with E-state index in [1.54, 1.807) is 0 Å². The monoisotopic (exact) mass is 413 g/mol. The second kappa shape index (κ2) is 9.47. The van der Waals surface area contributed by atoms with Crippen molar-refractivity contribution in [2.75, 3.05) is 31.1 Å². The maximum absolute atomic E-state index is 12.7. The normalized spacial score (nSPS) is 13.8. The zero-order valence-electron chi connectivity index (χ0n) is 17.5. The summed E-state index contributed by atoms with van der Waals surface area (Å²) in [5.74, 6) is -0.319. The Morgan fingerprint density at radius 1 is 0.774 bits per heavy atom. The number of hydrogen-bond donors (Lipinski definition) is 1. The van der Waals surface area contributed by atoms with Gasteiger partial charge in [0.1, 0.15) is 0 Å². The van der Waals surface area contributed by atoms with Crippen LogP contribution in [0.4, 0.5) is 5.69 Å². The number of aryl methyl sites for hydroxylation is 2. The van der Waals surface area contributed by atoms with Crippen LogP contribution in [0.15, 0.2) is 78.9 Å². The largest absolute Gasteiger partial charge is 0.368 e. The fourth-order valence-corrected chi connectivity index (χ4v) is 4.08. The Balaban J connectivity index is 1.45. The molecule has 1 heterocycles. The van der Waals surface area contributed by atoms with Crippen molar-refractivity contribution in [1.29, 1.82) is 0 Å². The van der Waals surface area contributed by atoms with Gasteiger partial charge < -0.3 is 15.5 Å². The number of benzene rings is 3. The molecule has 0 aliphatic carbocycles. The third-order valence-electron chi connectivity index (χ3n) is 5.83. The highest BCUT2D eigenvalue weighted by atomic mass is 16.2. The molecule has 0 radical (unpaired) electrons. The van der Waals surface area contributed by atoms with E-state index in [9.17, 15) is 9.59 Å². The highest BCUT2D eigenvalue weighted by Gasteiger charge is 2.23. The Labute approximate surface area is 183 Å². The van der Waals surface area contributed by atoms with E-state index >= 15 is 0 Å². The van der Waals surface area contributed by atoms with Gasteiger partial charge in [0.05, 0.1) is 0 Å². The van der Waals surface area contributed by atoms with Crippen molar-refractivity contribution in [1.82, 2.24) is 4.90 Å². The fourth-order valence-electron chi connectivity index (χ4n) is 4.08. The number of rotatable bonds is 6. The van der Waals surface area contributed by atoms with Gasteiger partial charge >= 0.3 is 0 Å². The molecule has 0 bridgehead atoms. The van der Waals surface area contributed by atoms with Crippen molar-refractivity contribution >= 4 is 17.5 Å². The minimum absolute atomic E-state index is 0.0767. The molecule has 1 aliphatic rings. The van der Waals surface area contributed by atoms with E-state index in [0.717, 1.165) is 42.7 Å². The van der Waals surface area contributed by atoms with Crippen LogP contribution in [-0.4, -0.2) is 42.9 Å². The maximum atomic E-state index is 12.7. The Kier molecular flexibility index (Phi) is 6.32. The van der Waals surface area contributed by atoms with Crippen molar-refractivity contribution in [3.05, 3.63) is 101 Å². The summed E-state index contributed by atoms with van der Waals surface area (Å²) in [4.78, 5) is 28.8. The van der Waals surface area contributed by atoms with Crippen LogP contribution < -0.4 is 10.6 Å². The van der Waals surface area contributed by atoms with Crippen molar-refractivity contribution in [3.63, 3.8) is 0 Å². The standard InChI is InChI=1S/C26H27N3O2/c27-25(30)24-14-13-23(19-22(24)12-11-20-7-3-1-4-8-20)28-15-17-29(18-16-28)26(31)21-9-5-2-6-10-21/h1-10,13-14,19H,11-12,15-18H2,(H2,27,30). The molecule has 1 fully saturated rings. The Hall–Kier alpha value is -3.60. The number of hydrogen-bond acceptors (Lipinski definition) is 3. The topological polar surface area (TPSA) is 66.6 Å². The Morgan fingerprint density at radius 3 is 2.06 bits per heavy atom. The van der Waals surface area contributed by atoms with Crippen LogP contribution in [0, 0.1) is 0 Å². The molecule has 158 valence electrons. The number of carbonyl (C=O) groups excluding carboxylic acids is 2. The van der Waals surface area contributed by atoms with Crippen LogP contribution in [0.5, 0.6) is 0 Å². The number of nitrogens with two attached hydrogens (primary N) is 1. The lowest BCUT2D eigenvalue weighted by molar-refractivity contribution is 0.0746. The second-order valence-electron chi connectivity index (χ2n) is 7.84. The average molecular weight is 414 g/mol. The zero-order chi connectivity index (χ0) is 21.6. The van der Waals surface area contributed by atoms with Gasteiger partial charge in [-0.2, -0.15) is 0 Å². The van der Waals surface area contributed by atoms with Gasteiger partial charge in [-0.05, 0) is 54.3 Å². The summed E-state index contributed by atoms with van der Waals surface area (Å²) >= 11 is 0. The van der Waals surface area contributed by atoms with Crippen molar-refractivity contribution in [3.8, 4) is 0 Å². The first-order chi connectivity index (χ1) is 15.1. The molecule has 0 aromatic heterocycles. The smallest absolute Gasteiger partial charge is 0.253 e. The molecule has 0 spiro atoms. The van der Waals surface area contributed by atoms with Crippen LogP contribution in [0.3, 0.4) is 0 Å². The van der Waals surface area contributed by atoms with E-state index in [-0.39, 0.29) is 5.91 Å². The molecule has 2 N–H and O–H groups in total. The van der Waals surface area contributed by atoms with Gasteiger partial charge in [0.15, 0.2) is 0 Å². The van der Waals surface area contributed by atoms with Gasteiger partial charge in [0.25, 0.3) is 5.91 Å². The van der Waals surface area contributed by atoms with E-state index < -0.39 is 5.91 Å². The van der Waals surface area contributed by atoms with Crippen LogP contribution in [0.2, 0.25) is 0 Å². The predicted octanol–water partition coefficient (Wildman–Crippen LogP) is 3.53. The third kappa shape index (κ3) is 4.94. The SMILES string of the molecule is NC(=O)c1ccc(N2CCN(C(=O)c3ccccc3)CC2)cc1CCc1ccccc1. The highest BCUT2D eigenvalue weighted by Crippen LogP contribution is 2.23. The minimum atomic E-state index is -0.395. The van der Waals surface area contributed by atoms with Crippen molar-refractivity contribution < 1.29 is 9.59 Å². The molecule has 3 aromatic carbocycles. The molecular weight excluding hydrogens is 386 g/mol. The molecule has 4 rings (SSSR count). The van der Waals surface area contributed by atoms with E-state index in [0.29, 0.717) is 18.7 Å². The quantitative estimate of drug-likeness (QED) is 0.672. The first kappa shape index (κ1) is 20.7. The lowest BCUT2D eigenvalue weighted by Crippen LogP contribution is -2.48. The third-order valence-corrected chi connectivity index (χ3v) is 5.83. The van der Waals surface area contributed by atoms with Crippen molar-refractivity contribution in [2.24, 2.45) is 5.73 Å². The van der Waals surface area contributed by atoms with Gasteiger partial charge in [0.2, 0.25) is 5.91 Å². The number of anilines is 1. The zero-order valence-corrected chi connectivity index (χ0v) is 17.5. The summed E-state index contributed by atoms with van der Waals surface area (Å²) in [6, 6.07) is 25.5. The Bertz CT molecular complexity index is 1040. The fraction of sp³-hybridized carbons (Fsp3) is 0.231. The molecule has 2 amide bonds. The number of nitrogens with zero attached hydrogens (tertiary/aromatic N) is 2. The van der Waals surface area contributed by atoms with E-state index in [4.69, 9.17) is 5.73 Å². The molecule has 0 unspecified atom stereocenters. The molecule has 5 heteroatoms. The van der Waals surface area contributed by atoms with Gasteiger partial charge in [-0.1, -0.05) is 48.5 Å². The highest BCUT2D eigenvalue weighted by molar-refractivity contribution is 5.95. The van der Waals surface area contributed by atoms with Gasteiger partial charge in [0, 0.05) is 43.0 Å². The second-order valence-corrected chi connectivity index (χ2v) is 7.84. The van der Waals surface area contributed by atoms with E-state index in [2.05, 4.69) is 23.1 Å². The Morgan fingerprint density at radius 2 is 1.42 bits per heavy atom. The van der Waals surface area contributed by atoms with Gasteiger partial charge in [-0.3, -0.25) is 9.59 Å². The maximum Gasteiger partial charge on any atom is 0.253 e. The first-order valence-corrected chi connectivity index (χ1v) is 10.7. The molecule has 5 nitrogen and oxygen atoms in total. The van der Waals surface area contributed by atoms with Gasteiger partial charge in [-0.25, -0.2) is 0 Å². The first-order valence-electron chi connectivity index (χ1n) is 10.7. The van der Waals surface area contributed by atoms with Gasteiger partial charge in [-0.15, -0.1) is 0 Å². The molecule has 0 saturated carbocycles. The summed E-state index contributed by atoms with van der Waals surface area (Å²) in [6.07, 6.45) is 1.60. The summed E-state index contributed by atoms with van der Waals surface area (Å²) in [7, 11) is 0. The summed E-state index contributed by atoms with van der Waals surface area (Å²) in [5.41, 5.74) is 10.2. The minimum Gasteiger partial charge on any atom is -0.368 e. The number of primary amides is 1. The molecule has 31 heavy (non-hydrogen) atoms. The van der Waals surface area contributed by atoms with Crippen molar-refractivity contribution in [2.45, 2.75) is 12.8 Å². The lowest BCUT2D eigenvalue weighted by atomic mass is 9.98. The molecule has 1 aliphatic heterocycles. The average Bonchev–Trinajstić information content (AvgIpc) is 2.83. The van der Waals surface area contributed by atoms with Crippen LogP contribution in [-0.2, 0) is 12.8 Å². The van der Waals surface area contributed by atoms with Crippen LogP contribution >= 0.6 is 0 Å². The predicted molar refractivity (Wildman–Crippen MR) is 123 cm³/mol. The summed E-state index contributed by atoms with van der Waals surface area (Å²) in [5, 5.41) is 0. The summed E-state index contributed by atoms with van der Waals surface area (Å²) < 4.78 is 0.